The van der Waals surface area contributed by atoms with E-state index in [0.29, 0.717) is 18.9 Å². The molecule has 4 nitrogen and oxygen atoms in total. The van der Waals surface area contributed by atoms with Gasteiger partial charge in [0.2, 0.25) is 5.91 Å². The summed E-state index contributed by atoms with van der Waals surface area (Å²) in [5.41, 5.74) is 3.35. The fraction of sp³-hybridized carbons (Fsp3) is 0.474. The van der Waals surface area contributed by atoms with Gasteiger partial charge in [-0.05, 0) is 49.4 Å². The molecule has 2 aliphatic rings. The second kappa shape index (κ2) is 6.99. The topological polar surface area (TPSA) is 41.9 Å². The van der Waals surface area contributed by atoms with Gasteiger partial charge in [-0.3, -0.25) is 9.79 Å². The fourth-order valence-corrected chi connectivity index (χ4v) is 3.33. The van der Waals surface area contributed by atoms with E-state index in [0.717, 1.165) is 37.3 Å². The minimum absolute atomic E-state index is 0.156. The van der Waals surface area contributed by atoms with Crippen molar-refractivity contribution >= 4 is 17.8 Å². The summed E-state index contributed by atoms with van der Waals surface area (Å²) in [5, 5.41) is 0. The minimum Gasteiger partial charge on any atom is -0.493 e. The zero-order chi connectivity index (χ0) is 16.2. The monoisotopic (exact) mass is 312 g/mol. The Labute approximate surface area is 137 Å². The molecule has 0 saturated carbocycles. The smallest absolute Gasteiger partial charge is 0.226 e. The van der Waals surface area contributed by atoms with Gasteiger partial charge in [0.1, 0.15) is 5.75 Å². The van der Waals surface area contributed by atoms with Gasteiger partial charge in [-0.25, -0.2) is 0 Å². The molecule has 1 amide bonds. The van der Waals surface area contributed by atoms with E-state index in [9.17, 15) is 4.79 Å². The first-order valence-corrected chi connectivity index (χ1v) is 8.51. The van der Waals surface area contributed by atoms with Crippen molar-refractivity contribution < 1.29 is 9.53 Å². The highest BCUT2D eigenvalue weighted by molar-refractivity contribution is 5.93. The summed E-state index contributed by atoms with van der Waals surface area (Å²) in [6, 6.07) is 6.13. The van der Waals surface area contributed by atoms with Crippen molar-refractivity contribution in [2.75, 3.05) is 18.1 Å². The number of hydrogen-bond donors (Lipinski definition) is 0. The van der Waals surface area contributed by atoms with Crippen LogP contribution in [-0.2, 0) is 4.79 Å². The maximum absolute atomic E-state index is 12.1. The first kappa shape index (κ1) is 15.8. The number of fused-ring (bicyclic) bond motifs is 1. The van der Waals surface area contributed by atoms with Crippen LogP contribution in [0, 0.1) is 0 Å². The van der Waals surface area contributed by atoms with Crippen molar-refractivity contribution in [2.45, 2.75) is 45.4 Å². The Kier molecular flexibility index (Phi) is 4.79. The number of rotatable bonds is 5. The van der Waals surface area contributed by atoms with Crippen molar-refractivity contribution in [3.8, 4) is 5.75 Å². The van der Waals surface area contributed by atoms with Gasteiger partial charge >= 0.3 is 0 Å². The summed E-state index contributed by atoms with van der Waals surface area (Å²) >= 11 is 0. The van der Waals surface area contributed by atoms with Crippen LogP contribution in [0.25, 0.3) is 0 Å². The number of aliphatic imine (C=N–C) groups is 1. The Morgan fingerprint density at radius 3 is 2.96 bits per heavy atom. The minimum atomic E-state index is 0.156. The maximum atomic E-state index is 12.1. The molecule has 1 aromatic carbocycles. The molecule has 1 atom stereocenters. The highest BCUT2D eigenvalue weighted by Crippen LogP contribution is 2.40. The summed E-state index contributed by atoms with van der Waals surface area (Å²) in [5.74, 6) is 1.52. The second-order valence-corrected chi connectivity index (χ2v) is 5.99. The SMILES string of the molecule is CCC(=O)N(CC)c1ccc2c(c1)C(CC1=CCC=N1)CCO2. The third-order valence-electron chi connectivity index (χ3n) is 4.56. The van der Waals surface area contributed by atoms with Gasteiger partial charge in [-0.1, -0.05) is 13.0 Å². The van der Waals surface area contributed by atoms with Gasteiger partial charge in [0.15, 0.2) is 0 Å². The zero-order valence-electron chi connectivity index (χ0n) is 13.9. The van der Waals surface area contributed by atoms with Gasteiger partial charge in [0.05, 0.1) is 6.61 Å². The Morgan fingerprint density at radius 2 is 2.26 bits per heavy atom. The van der Waals surface area contributed by atoms with E-state index in [1.165, 1.54) is 11.3 Å². The molecule has 2 aliphatic heterocycles. The van der Waals surface area contributed by atoms with Crippen LogP contribution in [0.2, 0.25) is 0 Å². The highest BCUT2D eigenvalue weighted by atomic mass is 16.5. The molecule has 0 bridgehead atoms. The van der Waals surface area contributed by atoms with Gasteiger partial charge in [0, 0.05) is 37.0 Å². The van der Waals surface area contributed by atoms with Gasteiger partial charge < -0.3 is 9.64 Å². The van der Waals surface area contributed by atoms with Crippen LogP contribution < -0.4 is 9.64 Å². The van der Waals surface area contributed by atoms with Crippen LogP contribution in [0.1, 0.15) is 51.0 Å². The molecule has 0 radical (unpaired) electrons. The van der Waals surface area contributed by atoms with Crippen molar-refractivity contribution in [3.05, 3.63) is 35.5 Å². The maximum Gasteiger partial charge on any atom is 0.226 e. The molecule has 2 heterocycles. The molecular formula is C19H24N2O2. The molecular weight excluding hydrogens is 288 g/mol. The molecule has 122 valence electrons. The van der Waals surface area contributed by atoms with E-state index in [1.54, 1.807) is 0 Å². The average Bonchev–Trinajstić information content (AvgIpc) is 3.09. The lowest BCUT2D eigenvalue weighted by Gasteiger charge is -2.28. The van der Waals surface area contributed by atoms with Gasteiger partial charge in [0.25, 0.3) is 0 Å². The number of anilines is 1. The summed E-state index contributed by atoms with van der Waals surface area (Å²) in [7, 11) is 0. The number of benzene rings is 1. The largest absolute Gasteiger partial charge is 0.493 e. The lowest BCUT2D eigenvalue weighted by atomic mass is 9.88. The highest BCUT2D eigenvalue weighted by Gasteiger charge is 2.24. The van der Waals surface area contributed by atoms with E-state index in [1.807, 2.05) is 37.1 Å². The molecule has 0 aromatic heterocycles. The summed E-state index contributed by atoms with van der Waals surface area (Å²) < 4.78 is 5.81. The zero-order valence-corrected chi connectivity index (χ0v) is 13.9. The standard InChI is InChI=1S/C19H24N2O2/c1-3-19(22)21(4-2)16-7-8-18-17(13-16)14(9-11-23-18)12-15-6-5-10-20-15/h6-8,10,13-14H,3-5,9,11-12H2,1-2H3. The predicted molar refractivity (Wildman–Crippen MR) is 93.4 cm³/mol. The van der Waals surface area contributed by atoms with Crippen LogP contribution in [0.4, 0.5) is 5.69 Å². The van der Waals surface area contributed by atoms with Crippen LogP contribution in [0.15, 0.2) is 35.0 Å². The summed E-state index contributed by atoms with van der Waals surface area (Å²) in [4.78, 5) is 18.4. The summed E-state index contributed by atoms with van der Waals surface area (Å²) in [6.07, 6.45) is 7.57. The van der Waals surface area contributed by atoms with Gasteiger partial charge in [-0.2, -0.15) is 0 Å². The average molecular weight is 312 g/mol. The molecule has 1 aromatic rings. The quantitative estimate of drug-likeness (QED) is 0.822. The predicted octanol–water partition coefficient (Wildman–Crippen LogP) is 4.06. The van der Waals surface area contributed by atoms with E-state index in [-0.39, 0.29) is 5.91 Å². The molecule has 0 aliphatic carbocycles. The molecule has 0 N–H and O–H groups in total. The molecule has 3 rings (SSSR count). The number of ether oxygens (including phenoxy) is 1. The molecule has 23 heavy (non-hydrogen) atoms. The fourth-order valence-electron chi connectivity index (χ4n) is 3.33. The van der Waals surface area contributed by atoms with Gasteiger partial charge in [-0.15, -0.1) is 0 Å². The van der Waals surface area contributed by atoms with Crippen molar-refractivity contribution in [3.63, 3.8) is 0 Å². The summed E-state index contributed by atoms with van der Waals surface area (Å²) in [6.45, 7) is 5.35. The third-order valence-corrected chi connectivity index (χ3v) is 4.56. The second-order valence-electron chi connectivity index (χ2n) is 5.99. The number of amides is 1. The first-order chi connectivity index (χ1) is 11.2. The number of allylic oxidation sites excluding steroid dienone is 2. The normalized spacial score (nSPS) is 19.0. The Hall–Kier alpha value is -2.10. The Morgan fingerprint density at radius 1 is 1.39 bits per heavy atom. The number of carbonyl (C=O) groups is 1. The first-order valence-electron chi connectivity index (χ1n) is 8.51. The van der Waals surface area contributed by atoms with Crippen LogP contribution in [0.3, 0.4) is 0 Å². The van der Waals surface area contributed by atoms with E-state index >= 15 is 0 Å². The van der Waals surface area contributed by atoms with E-state index < -0.39 is 0 Å². The molecule has 1 unspecified atom stereocenters. The molecule has 0 fully saturated rings. The number of nitrogens with zero attached hydrogens (tertiary/aromatic N) is 2. The lowest BCUT2D eigenvalue weighted by Crippen LogP contribution is -2.30. The Balaban J connectivity index is 1.89. The lowest BCUT2D eigenvalue weighted by molar-refractivity contribution is -0.118. The van der Waals surface area contributed by atoms with E-state index in [2.05, 4.69) is 17.1 Å². The van der Waals surface area contributed by atoms with E-state index in [4.69, 9.17) is 4.74 Å². The van der Waals surface area contributed by atoms with Crippen molar-refractivity contribution in [2.24, 2.45) is 4.99 Å². The number of carbonyl (C=O) groups excluding carboxylic acids is 1. The third kappa shape index (κ3) is 3.31. The molecule has 4 heteroatoms. The Bertz CT molecular complexity index is 649. The van der Waals surface area contributed by atoms with Crippen molar-refractivity contribution in [1.82, 2.24) is 0 Å². The van der Waals surface area contributed by atoms with Crippen LogP contribution >= 0.6 is 0 Å². The molecule has 0 saturated heterocycles. The molecule has 0 spiro atoms. The van der Waals surface area contributed by atoms with Crippen LogP contribution in [-0.4, -0.2) is 25.3 Å². The van der Waals surface area contributed by atoms with Crippen molar-refractivity contribution in [1.29, 1.82) is 0 Å². The van der Waals surface area contributed by atoms with Crippen LogP contribution in [0.5, 0.6) is 5.75 Å². The number of hydrogen-bond acceptors (Lipinski definition) is 3.